The van der Waals surface area contributed by atoms with E-state index in [1.165, 1.54) is 11.8 Å². The Bertz CT molecular complexity index is 1430. The summed E-state index contributed by atoms with van der Waals surface area (Å²) in [6.45, 7) is 4.45. The second kappa shape index (κ2) is 14.2. The van der Waals surface area contributed by atoms with E-state index in [0.717, 1.165) is 0 Å². The number of hydrogen-bond acceptors (Lipinski definition) is 9. The van der Waals surface area contributed by atoms with Gasteiger partial charge in [0, 0.05) is 6.04 Å². The van der Waals surface area contributed by atoms with Crippen molar-refractivity contribution in [3.63, 3.8) is 0 Å². The Balaban J connectivity index is 1.71. The molecule has 11 heteroatoms. The van der Waals surface area contributed by atoms with Gasteiger partial charge in [-0.15, -0.1) is 0 Å². The number of ether oxygens (including phenoxy) is 4. The summed E-state index contributed by atoms with van der Waals surface area (Å²) in [6.07, 6.45) is -5.03. The van der Waals surface area contributed by atoms with E-state index in [1.807, 2.05) is 0 Å². The third kappa shape index (κ3) is 7.83. The second-order valence-corrected chi connectivity index (χ2v) is 10.1. The van der Waals surface area contributed by atoms with Gasteiger partial charge in [-0.2, -0.15) is 0 Å². The van der Waals surface area contributed by atoms with Crippen LogP contribution < -0.4 is 5.32 Å². The first-order valence-electron chi connectivity index (χ1n) is 13.7. The average molecular weight is 588 g/mol. The number of nitrogens with zero attached hydrogens (tertiary/aromatic N) is 1. The van der Waals surface area contributed by atoms with Gasteiger partial charge in [-0.3, -0.25) is 15.6 Å². The highest BCUT2D eigenvalue weighted by Crippen LogP contribution is 2.32. The summed E-state index contributed by atoms with van der Waals surface area (Å²) < 4.78 is 23.6. The minimum Gasteiger partial charge on any atom is -0.459 e. The zero-order valence-corrected chi connectivity index (χ0v) is 24.0. The highest BCUT2D eigenvalue weighted by molar-refractivity contribution is 5.95. The molecule has 0 spiro atoms. The topological polar surface area (TPSA) is 144 Å². The first-order valence-corrected chi connectivity index (χ1v) is 13.7. The van der Waals surface area contributed by atoms with E-state index in [2.05, 4.69) is 5.32 Å². The summed E-state index contributed by atoms with van der Waals surface area (Å²) in [6, 6.07) is 23.5. The second-order valence-electron chi connectivity index (χ2n) is 10.1. The van der Waals surface area contributed by atoms with E-state index in [-0.39, 0.29) is 23.6 Å². The van der Waals surface area contributed by atoms with Gasteiger partial charge in [0.05, 0.1) is 22.5 Å². The summed E-state index contributed by atoms with van der Waals surface area (Å²) >= 11 is 0. The molecule has 4 rings (SSSR count). The monoisotopic (exact) mass is 587 g/mol. The van der Waals surface area contributed by atoms with E-state index >= 15 is 0 Å². The molecule has 43 heavy (non-hydrogen) atoms. The molecule has 1 aliphatic rings. The third-order valence-corrected chi connectivity index (χ3v) is 6.54. The van der Waals surface area contributed by atoms with Crippen LogP contribution >= 0.6 is 0 Å². The Morgan fingerprint density at radius 3 is 1.65 bits per heavy atom. The minimum absolute atomic E-state index is 0.119. The molecular weight excluding hydrogens is 554 g/mol. The number of carbonyl (C=O) groups excluding carboxylic acids is 4. The Morgan fingerprint density at radius 1 is 0.767 bits per heavy atom. The van der Waals surface area contributed by atoms with Crippen LogP contribution in [0.3, 0.4) is 0 Å². The van der Waals surface area contributed by atoms with Crippen LogP contribution in [-0.2, 0) is 18.9 Å². The number of amidine groups is 1. The number of hydrogen-bond donors (Lipinski definition) is 2. The van der Waals surface area contributed by atoms with Crippen LogP contribution in [0, 0.1) is 5.41 Å². The van der Waals surface area contributed by atoms with Crippen LogP contribution in [0.1, 0.15) is 51.8 Å². The molecule has 224 valence electrons. The molecule has 3 aromatic carbocycles. The maximum atomic E-state index is 13.3. The summed E-state index contributed by atoms with van der Waals surface area (Å²) in [7, 11) is 0. The molecule has 1 fully saturated rings. The van der Waals surface area contributed by atoms with Crippen molar-refractivity contribution in [2.45, 2.75) is 51.4 Å². The van der Waals surface area contributed by atoms with E-state index in [4.69, 9.17) is 24.4 Å². The SMILES string of the molecule is CC(=N)NC(=O)N(C(C)C)[C@@H]1O[C@H](COC(=O)c2ccccc2)[C@@H](OC(=O)c2ccccc2)[C@H]1OC(=O)c1ccccc1. The summed E-state index contributed by atoms with van der Waals surface area (Å²) in [5.41, 5.74) is 0.757. The summed E-state index contributed by atoms with van der Waals surface area (Å²) in [5, 5.41) is 10.2. The first kappa shape index (κ1) is 30.9. The molecule has 11 nitrogen and oxygen atoms in total. The van der Waals surface area contributed by atoms with E-state index < -0.39 is 54.5 Å². The average Bonchev–Trinajstić information content (AvgIpc) is 3.32. The maximum Gasteiger partial charge on any atom is 0.338 e. The maximum absolute atomic E-state index is 13.3. The van der Waals surface area contributed by atoms with Crippen molar-refractivity contribution in [2.24, 2.45) is 0 Å². The van der Waals surface area contributed by atoms with Crippen LogP contribution in [0.15, 0.2) is 91.0 Å². The highest BCUT2D eigenvalue weighted by atomic mass is 16.7. The predicted octanol–water partition coefficient (Wildman–Crippen LogP) is 4.44. The fourth-order valence-electron chi connectivity index (χ4n) is 4.55. The normalized spacial score (nSPS) is 19.3. The number of urea groups is 1. The molecule has 3 aromatic rings. The lowest BCUT2D eigenvalue weighted by Gasteiger charge is -2.35. The number of rotatable bonds is 9. The van der Waals surface area contributed by atoms with Gasteiger partial charge >= 0.3 is 23.9 Å². The van der Waals surface area contributed by atoms with Gasteiger partial charge < -0.3 is 18.9 Å². The lowest BCUT2D eigenvalue weighted by Crippen LogP contribution is -2.56. The molecular formula is C32H33N3O8. The van der Waals surface area contributed by atoms with Crippen molar-refractivity contribution in [1.29, 1.82) is 5.41 Å². The van der Waals surface area contributed by atoms with Gasteiger partial charge in [0.25, 0.3) is 0 Å². The van der Waals surface area contributed by atoms with Gasteiger partial charge in [0.15, 0.2) is 18.4 Å². The van der Waals surface area contributed by atoms with Crippen LogP contribution in [0.4, 0.5) is 4.79 Å². The molecule has 2 N–H and O–H groups in total. The van der Waals surface area contributed by atoms with E-state index in [0.29, 0.717) is 5.56 Å². The fraction of sp³-hybridized carbons (Fsp3) is 0.281. The largest absolute Gasteiger partial charge is 0.459 e. The van der Waals surface area contributed by atoms with Crippen molar-refractivity contribution >= 4 is 29.8 Å². The number of carbonyl (C=O) groups is 4. The molecule has 0 aromatic heterocycles. The zero-order chi connectivity index (χ0) is 30.9. The Kier molecular flexibility index (Phi) is 10.2. The molecule has 0 aliphatic carbocycles. The quantitative estimate of drug-likeness (QED) is 0.162. The van der Waals surface area contributed by atoms with Crippen molar-refractivity contribution in [3.05, 3.63) is 108 Å². The number of esters is 3. The Labute approximate surface area is 249 Å². The number of nitrogens with one attached hydrogen (secondary N) is 2. The van der Waals surface area contributed by atoms with Crippen LogP contribution in [0.5, 0.6) is 0 Å². The van der Waals surface area contributed by atoms with Crippen LogP contribution in [0.25, 0.3) is 0 Å². The molecule has 0 unspecified atom stereocenters. The summed E-state index contributed by atoms with van der Waals surface area (Å²) in [4.78, 5) is 53.8. The smallest absolute Gasteiger partial charge is 0.338 e. The van der Waals surface area contributed by atoms with Crippen LogP contribution in [0.2, 0.25) is 0 Å². The van der Waals surface area contributed by atoms with Crippen molar-refractivity contribution in [2.75, 3.05) is 6.61 Å². The molecule has 1 heterocycles. The molecule has 0 radical (unpaired) electrons. The van der Waals surface area contributed by atoms with Gasteiger partial charge in [-0.05, 0) is 57.2 Å². The van der Waals surface area contributed by atoms with Gasteiger partial charge in [-0.1, -0.05) is 54.6 Å². The predicted molar refractivity (Wildman–Crippen MR) is 156 cm³/mol. The lowest BCUT2D eigenvalue weighted by molar-refractivity contribution is -0.0928. The Morgan fingerprint density at radius 2 is 1.21 bits per heavy atom. The van der Waals surface area contributed by atoms with Gasteiger partial charge in [-0.25, -0.2) is 19.2 Å². The Hall–Kier alpha value is -5.03. The fourth-order valence-corrected chi connectivity index (χ4v) is 4.55. The minimum atomic E-state index is -1.33. The van der Waals surface area contributed by atoms with Gasteiger partial charge in [0.1, 0.15) is 12.7 Å². The zero-order valence-electron chi connectivity index (χ0n) is 24.0. The molecule has 4 atom stereocenters. The molecule has 2 amide bonds. The standard InChI is InChI=1S/C32H33N3O8/c1-20(2)35(32(39)34-21(3)33)28-27(43-31(38)24-17-11-6-12-18-24)26(42-30(37)23-15-9-5-10-16-23)25(41-28)19-40-29(36)22-13-7-4-8-14-22/h4-18,20,25-28H,19H2,1-3H3,(H2,33,34,39)/t25-,26-,27-,28-/m1/s1. The van der Waals surface area contributed by atoms with Crippen molar-refractivity contribution in [3.8, 4) is 0 Å². The lowest BCUT2D eigenvalue weighted by atomic mass is 10.1. The van der Waals surface area contributed by atoms with E-state index in [1.54, 1.807) is 105 Å². The van der Waals surface area contributed by atoms with E-state index in [9.17, 15) is 19.2 Å². The third-order valence-electron chi connectivity index (χ3n) is 6.54. The summed E-state index contributed by atoms with van der Waals surface area (Å²) in [5.74, 6) is -2.23. The van der Waals surface area contributed by atoms with Crippen LogP contribution in [-0.4, -0.2) is 71.9 Å². The van der Waals surface area contributed by atoms with Crippen molar-refractivity contribution < 1.29 is 38.1 Å². The highest BCUT2D eigenvalue weighted by Gasteiger charge is 2.54. The molecule has 0 saturated carbocycles. The first-order chi connectivity index (χ1) is 20.7. The molecule has 1 saturated heterocycles. The number of amides is 2. The number of benzene rings is 3. The molecule has 1 aliphatic heterocycles. The molecule has 0 bridgehead atoms. The van der Waals surface area contributed by atoms with Gasteiger partial charge in [0.2, 0.25) is 0 Å². The van der Waals surface area contributed by atoms with Crippen molar-refractivity contribution in [1.82, 2.24) is 10.2 Å².